The number of furan rings is 1. The molecule has 3 aromatic carbocycles. The third-order valence-corrected chi connectivity index (χ3v) is 5.55. The first-order valence-electron chi connectivity index (χ1n) is 11.3. The van der Waals surface area contributed by atoms with Crippen molar-refractivity contribution >= 4 is 11.0 Å². The van der Waals surface area contributed by atoms with Crippen LogP contribution in [0.4, 0.5) is 8.78 Å². The van der Waals surface area contributed by atoms with Crippen molar-refractivity contribution in [2.45, 2.75) is 6.92 Å². The van der Waals surface area contributed by atoms with Crippen LogP contribution in [0, 0.1) is 30.7 Å². The Hall–Kier alpha value is -3.99. The Morgan fingerprint density at radius 3 is 2.46 bits per heavy atom. The summed E-state index contributed by atoms with van der Waals surface area (Å²) in [6.07, 6.45) is 3.25. The van der Waals surface area contributed by atoms with Gasteiger partial charge in [-0.05, 0) is 48.1 Å². The smallest absolute Gasteiger partial charge is 0.132 e. The Labute approximate surface area is 227 Å². The Bertz CT molecular complexity index is 1630. The van der Waals surface area contributed by atoms with Crippen LogP contribution in [-0.2, 0) is 20.1 Å². The number of rotatable bonds is 3. The molecule has 0 N–H and O–H groups in total. The van der Waals surface area contributed by atoms with Crippen molar-refractivity contribution in [3.8, 4) is 33.6 Å². The van der Waals surface area contributed by atoms with Gasteiger partial charge in [-0.1, -0.05) is 23.8 Å². The van der Waals surface area contributed by atoms with E-state index < -0.39 is 11.6 Å². The summed E-state index contributed by atoms with van der Waals surface area (Å²) >= 11 is 0. The van der Waals surface area contributed by atoms with Crippen molar-refractivity contribution in [2.75, 3.05) is 0 Å². The van der Waals surface area contributed by atoms with Gasteiger partial charge in [0.15, 0.2) is 0 Å². The number of hydrogen-bond acceptors (Lipinski definition) is 3. The number of hydrogen-bond donors (Lipinski definition) is 0. The van der Waals surface area contributed by atoms with Gasteiger partial charge in [0.05, 0.1) is 6.26 Å². The molecule has 3 nitrogen and oxygen atoms in total. The molecule has 0 aliphatic carbocycles. The third-order valence-electron chi connectivity index (χ3n) is 5.55. The number of nitrogens with zero attached hydrogens (tertiary/aromatic N) is 2. The minimum absolute atomic E-state index is 0. The quantitative estimate of drug-likeness (QED) is 0.179. The van der Waals surface area contributed by atoms with Crippen molar-refractivity contribution < 1.29 is 33.3 Å². The fraction of sp³-hybridized carbons (Fsp3) is 0.0323. The van der Waals surface area contributed by atoms with Gasteiger partial charge in [-0.3, -0.25) is 0 Å². The van der Waals surface area contributed by atoms with Gasteiger partial charge in [-0.2, -0.15) is 0 Å². The second-order valence-electron chi connectivity index (χ2n) is 8.05. The summed E-state index contributed by atoms with van der Waals surface area (Å²) in [5.41, 5.74) is 6.20. The van der Waals surface area contributed by atoms with E-state index in [1.54, 1.807) is 36.7 Å². The van der Waals surface area contributed by atoms with Gasteiger partial charge in [0.1, 0.15) is 17.2 Å². The molecule has 1 radical (unpaired) electrons. The average Bonchev–Trinajstić information content (AvgIpc) is 3.39. The van der Waals surface area contributed by atoms with Crippen LogP contribution in [0.15, 0.2) is 108 Å². The molecule has 0 unspecified atom stereocenters. The standard InChI is InChI=1S/C19H10F2NO.C12H10N.Ir/c20-14-4-5-15(17(21)11-14)12-2-1-3-13(10-12)19-16-7-9-23-18(16)6-8-22-19;1-10-6-5-9-12(13-10)11-7-3-2-4-8-11;/h1-2,4-11H;2-7,9H,1H3;/q2*-1;. The summed E-state index contributed by atoms with van der Waals surface area (Å²) in [5, 5.41) is 0.862. The van der Waals surface area contributed by atoms with Gasteiger partial charge in [-0.15, -0.1) is 65.7 Å². The molecule has 6 rings (SSSR count). The fourth-order valence-corrected chi connectivity index (χ4v) is 3.85. The molecule has 6 aromatic rings. The monoisotopic (exact) mass is 667 g/mol. The molecule has 6 heteroatoms. The molecule has 3 aromatic heterocycles. The first-order chi connectivity index (χ1) is 17.6. The molecule has 0 aliphatic heterocycles. The summed E-state index contributed by atoms with van der Waals surface area (Å²) in [5.74, 6) is -1.20. The SMILES string of the molecule is Cc1cccc(-c2[c-]cccc2)n1.Fc1ccc(-c2cc[c-]c(-c3nccc4occc34)c2)c(F)c1.[Ir]. The van der Waals surface area contributed by atoms with E-state index in [0.29, 0.717) is 16.8 Å². The van der Waals surface area contributed by atoms with Crippen molar-refractivity contribution in [2.24, 2.45) is 0 Å². The van der Waals surface area contributed by atoms with Gasteiger partial charge < -0.3 is 14.4 Å². The zero-order chi connectivity index (χ0) is 24.9. The molecule has 185 valence electrons. The molecular formula is C31H20F2IrN2O-2. The fourth-order valence-electron chi connectivity index (χ4n) is 3.85. The molecule has 0 saturated heterocycles. The van der Waals surface area contributed by atoms with Crippen LogP contribution in [0.3, 0.4) is 0 Å². The number of aryl methyl sites for hydroxylation is 1. The average molecular weight is 667 g/mol. The predicted molar refractivity (Wildman–Crippen MR) is 137 cm³/mol. The van der Waals surface area contributed by atoms with Crippen LogP contribution in [0.1, 0.15) is 5.69 Å². The molecule has 0 bridgehead atoms. The summed E-state index contributed by atoms with van der Waals surface area (Å²) in [6.45, 7) is 1.99. The van der Waals surface area contributed by atoms with Crippen molar-refractivity contribution in [3.63, 3.8) is 0 Å². The second-order valence-corrected chi connectivity index (χ2v) is 8.05. The molecule has 0 atom stereocenters. The third kappa shape index (κ3) is 6.05. The number of halogens is 2. The number of fused-ring (bicyclic) bond motifs is 1. The summed E-state index contributed by atoms with van der Waals surface area (Å²) in [4.78, 5) is 8.79. The molecular weight excluding hydrogens is 647 g/mol. The maximum absolute atomic E-state index is 14.0. The first kappa shape index (κ1) is 26.1. The van der Waals surface area contributed by atoms with Gasteiger partial charge in [0.2, 0.25) is 0 Å². The molecule has 37 heavy (non-hydrogen) atoms. The van der Waals surface area contributed by atoms with Crippen molar-refractivity contribution in [1.29, 1.82) is 0 Å². The molecule has 0 amide bonds. The maximum Gasteiger partial charge on any atom is 0.132 e. The van der Waals surface area contributed by atoms with E-state index in [9.17, 15) is 8.78 Å². The van der Waals surface area contributed by atoms with Crippen LogP contribution in [0.25, 0.3) is 44.6 Å². The summed E-state index contributed by atoms with van der Waals surface area (Å²) in [6, 6.07) is 32.5. The van der Waals surface area contributed by atoms with E-state index in [0.717, 1.165) is 39.6 Å². The largest absolute Gasteiger partial charge is 0.465 e. The topological polar surface area (TPSA) is 38.9 Å². The zero-order valence-electron chi connectivity index (χ0n) is 19.7. The normalized spacial score (nSPS) is 10.4. The number of aromatic nitrogens is 2. The van der Waals surface area contributed by atoms with Crippen LogP contribution < -0.4 is 0 Å². The Morgan fingerprint density at radius 2 is 1.68 bits per heavy atom. The van der Waals surface area contributed by atoms with E-state index in [1.807, 2.05) is 55.5 Å². The minimum atomic E-state index is -0.600. The minimum Gasteiger partial charge on any atom is -0.465 e. The molecule has 0 saturated carbocycles. The van der Waals surface area contributed by atoms with E-state index in [4.69, 9.17) is 4.42 Å². The van der Waals surface area contributed by atoms with E-state index in [2.05, 4.69) is 22.1 Å². The van der Waals surface area contributed by atoms with Crippen LogP contribution in [-0.4, -0.2) is 9.97 Å². The molecule has 3 heterocycles. The Kier molecular flexibility index (Phi) is 8.34. The Balaban J connectivity index is 0.000000195. The van der Waals surface area contributed by atoms with Gasteiger partial charge in [-0.25, -0.2) is 8.78 Å². The Morgan fingerprint density at radius 1 is 0.811 bits per heavy atom. The van der Waals surface area contributed by atoms with E-state index in [-0.39, 0.29) is 20.1 Å². The second kappa shape index (κ2) is 11.8. The predicted octanol–water partition coefficient (Wildman–Crippen LogP) is 8.09. The van der Waals surface area contributed by atoms with Crippen LogP contribution in [0.2, 0.25) is 0 Å². The summed E-state index contributed by atoms with van der Waals surface area (Å²) in [7, 11) is 0. The molecule has 0 fully saturated rings. The van der Waals surface area contributed by atoms with E-state index in [1.165, 1.54) is 12.1 Å². The van der Waals surface area contributed by atoms with Gasteiger partial charge >= 0.3 is 0 Å². The first-order valence-corrected chi connectivity index (χ1v) is 11.3. The number of benzene rings is 3. The maximum atomic E-state index is 14.0. The van der Waals surface area contributed by atoms with Crippen molar-refractivity contribution in [3.05, 3.63) is 133 Å². The summed E-state index contributed by atoms with van der Waals surface area (Å²) < 4.78 is 32.4. The zero-order valence-corrected chi connectivity index (χ0v) is 22.1. The van der Waals surface area contributed by atoms with E-state index >= 15 is 0 Å². The van der Waals surface area contributed by atoms with Gasteiger partial charge in [0.25, 0.3) is 0 Å². The van der Waals surface area contributed by atoms with Crippen LogP contribution in [0.5, 0.6) is 0 Å². The number of pyridine rings is 2. The van der Waals surface area contributed by atoms with Crippen LogP contribution >= 0.6 is 0 Å². The molecule has 0 aliphatic rings. The van der Waals surface area contributed by atoms with Crippen molar-refractivity contribution in [1.82, 2.24) is 9.97 Å². The molecule has 0 spiro atoms. The van der Waals surface area contributed by atoms with Gasteiger partial charge in [0, 0.05) is 43.4 Å².